The molecule has 0 spiro atoms. The molecule has 0 fully saturated rings. The van der Waals surface area contributed by atoms with Crippen molar-refractivity contribution in [3.05, 3.63) is 28.3 Å². The van der Waals surface area contributed by atoms with Gasteiger partial charge in [0.15, 0.2) is 0 Å². The van der Waals surface area contributed by atoms with Crippen LogP contribution in [0.3, 0.4) is 0 Å². The van der Waals surface area contributed by atoms with Gasteiger partial charge in [-0.15, -0.1) is 0 Å². The summed E-state index contributed by atoms with van der Waals surface area (Å²) in [4.78, 5) is 10.2. The highest BCUT2D eigenvalue weighted by molar-refractivity contribution is 7.08. The Morgan fingerprint density at radius 3 is 2.80 bits per heavy atom. The fourth-order valence-electron chi connectivity index (χ4n) is 1.31. The van der Waals surface area contributed by atoms with E-state index < -0.39 is 0 Å². The fraction of sp³-hybridized carbons (Fsp3) is 0.200. The van der Waals surface area contributed by atoms with Crippen molar-refractivity contribution in [1.29, 1.82) is 0 Å². The number of halogens is 1. The lowest BCUT2D eigenvalue weighted by atomic mass is 10.1. The van der Waals surface area contributed by atoms with Gasteiger partial charge in [0, 0.05) is 25.9 Å². The highest BCUT2D eigenvalue weighted by Crippen LogP contribution is 2.29. The molecule has 0 bridgehead atoms. The van der Waals surface area contributed by atoms with Gasteiger partial charge in [-0.25, -0.2) is 4.98 Å². The maximum Gasteiger partial charge on any atom is 0.224 e. The average Bonchev–Trinajstić information content (AvgIpc) is 2.70. The van der Waals surface area contributed by atoms with Gasteiger partial charge in [-0.3, -0.25) is 0 Å². The molecule has 2 aromatic rings. The third-order valence-electron chi connectivity index (χ3n) is 2.00. The molecular formula is C10H10ClN3S. The summed E-state index contributed by atoms with van der Waals surface area (Å²) >= 11 is 7.43. The molecule has 0 radical (unpaired) electrons. The molecule has 2 rings (SSSR count). The van der Waals surface area contributed by atoms with E-state index >= 15 is 0 Å². The molecule has 3 nitrogen and oxygen atoms in total. The number of thiophene rings is 1. The molecule has 0 aliphatic heterocycles. The minimum atomic E-state index is 0.276. The first-order valence-electron chi connectivity index (χ1n) is 4.41. The minimum Gasteiger partial charge on any atom is -0.362 e. The standard InChI is InChI=1S/C10H10ClN3S/c1-14(2)9-8(5-12-10(11)13-9)7-3-4-15-6-7/h3-6H,1-2H3. The third kappa shape index (κ3) is 2.11. The molecule has 0 saturated carbocycles. The van der Waals surface area contributed by atoms with Crippen LogP contribution in [-0.4, -0.2) is 24.1 Å². The van der Waals surface area contributed by atoms with Crippen LogP contribution < -0.4 is 4.90 Å². The maximum absolute atomic E-state index is 5.78. The number of anilines is 1. The average molecular weight is 240 g/mol. The van der Waals surface area contributed by atoms with Crippen LogP contribution in [0.15, 0.2) is 23.0 Å². The number of rotatable bonds is 2. The largest absolute Gasteiger partial charge is 0.362 e. The molecular weight excluding hydrogens is 230 g/mol. The Kier molecular flexibility index (Phi) is 2.88. The monoisotopic (exact) mass is 239 g/mol. The highest BCUT2D eigenvalue weighted by atomic mass is 35.5. The summed E-state index contributed by atoms with van der Waals surface area (Å²) in [5, 5.41) is 4.38. The smallest absolute Gasteiger partial charge is 0.224 e. The third-order valence-corrected chi connectivity index (χ3v) is 2.86. The first-order chi connectivity index (χ1) is 7.18. The lowest BCUT2D eigenvalue weighted by molar-refractivity contribution is 1.04. The Labute approximate surface area is 97.4 Å². The van der Waals surface area contributed by atoms with Crippen molar-refractivity contribution in [2.45, 2.75) is 0 Å². The van der Waals surface area contributed by atoms with Crippen molar-refractivity contribution >= 4 is 28.8 Å². The number of nitrogens with zero attached hydrogens (tertiary/aromatic N) is 3. The maximum atomic E-state index is 5.78. The van der Waals surface area contributed by atoms with E-state index in [1.165, 1.54) is 0 Å². The molecule has 2 heterocycles. The quantitative estimate of drug-likeness (QED) is 0.755. The number of aromatic nitrogens is 2. The topological polar surface area (TPSA) is 29.0 Å². The highest BCUT2D eigenvalue weighted by Gasteiger charge is 2.10. The molecule has 15 heavy (non-hydrogen) atoms. The lowest BCUT2D eigenvalue weighted by Crippen LogP contribution is -2.12. The van der Waals surface area contributed by atoms with E-state index in [1.54, 1.807) is 17.5 Å². The van der Waals surface area contributed by atoms with Crippen LogP contribution in [0, 0.1) is 0 Å². The summed E-state index contributed by atoms with van der Waals surface area (Å²) in [7, 11) is 3.88. The normalized spacial score (nSPS) is 10.3. The van der Waals surface area contributed by atoms with Crippen molar-refractivity contribution in [3.8, 4) is 11.1 Å². The molecule has 0 aliphatic rings. The van der Waals surface area contributed by atoms with E-state index in [1.807, 2.05) is 30.4 Å². The van der Waals surface area contributed by atoms with Gasteiger partial charge in [0.2, 0.25) is 5.28 Å². The van der Waals surface area contributed by atoms with E-state index in [0.717, 1.165) is 16.9 Å². The van der Waals surface area contributed by atoms with Gasteiger partial charge in [0.05, 0.1) is 0 Å². The van der Waals surface area contributed by atoms with E-state index in [4.69, 9.17) is 11.6 Å². The molecule has 0 amide bonds. The first kappa shape index (κ1) is 10.4. The summed E-state index contributed by atoms with van der Waals surface area (Å²) in [5.41, 5.74) is 2.13. The van der Waals surface area contributed by atoms with Gasteiger partial charge >= 0.3 is 0 Å². The Morgan fingerprint density at radius 1 is 1.40 bits per heavy atom. The Hall–Kier alpha value is -1.13. The Bertz CT molecular complexity index is 454. The molecule has 78 valence electrons. The van der Waals surface area contributed by atoms with E-state index in [2.05, 4.69) is 15.3 Å². The van der Waals surface area contributed by atoms with Gasteiger partial charge in [-0.2, -0.15) is 16.3 Å². The van der Waals surface area contributed by atoms with Gasteiger partial charge in [0.25, 0.3) is 0 Å². The van der Waals surface area contributed by atoms with Gasteiger partial charge in [-0.1, -0.05) is 0 Å². The van der Waals surface area contributed by atoms with E-state index in [0.29, 0.717) is 0 Å². The predicted octanol–water partition coefficient (Wildman–Crippen LogP) is 2.92. The second-order valence-electron chi connectivity index (χ2n) is 3.28. The molecule has 5 heteroatoms. The van der Waals surface area contributed by atoms with Crippen LogP contribution in [0.4, 0.5) is 5.82 Å². The van der Waals surface area contributed by atoms with Crippen molar-refractivity contribution in [3.63, 3.8) is 0 Å². The lowest BCUT2D eigenvalue weighted by Gasteiger charge is -2.14. The van der Waals surface area contributed by atoms with Crippen molar-refractivity contribution in [2.24, 2.45) is 0 Å². The van der Waals surface area contributed by atoms with Crippen LogP contribution in [0.25, 0.3) is 11.1 Å². The SMILES string of the molecule is CN(C)c1nc(Cl)ncc1-c1ccsc1. The number of hydrogen-bond donors (Lipinski definition) is 0. The second kappa shape index (κ2) is 4.16. The van der Waals surface area contributed by atoms with Crippen molar-refractivity contribution in [1.82, 2.24) is 9.97 Å². The molecule has 0 aromatic carbocycles. The zero-order valence-electron chi connectivity index (χ0n) is 8.44. The van der Waals surface area contributed by atoms with E-state index in [-0.39, 0.29) is 5.28 Å². The van der Waals surface area contributed by atoms with Crippen LogP contribution in [0.2, 0.25) is 5.28 Å². The Morgan fingerprint density at radius 2 is 2.20 bits per heavy atom. The zero-order valence-corrected chi connectivity index (χ0v) is 10.0. The molecule has 0 unspecified atom stereocenters. The number of hydrogen-bond acceptors (Lipinski definition) is 4. The van der Waals surface area contributed by atoms with Gasteiger partial charge in [0.1, 0.15) is 5.82 Å². The first-order valence-corrected chi connectivity index (χ1v) is 5.73. The summed E-state index contributed by atoms with van der Waals surface area (Å²) in [5.74, 6) is 0.841. The molecule has 0 atom stereocenters. The van der Waals surface area contributed by atoms with Crippen LogP contribution in [-0.2, 0) is 0 Å². The summed E-state index contributed by atoms with van der Waals surface area (Å²) in [6, 6.07) is 2.05. The summed E-state index contributed by atoms with van der Waals surface area (Å²) < 4.78 is 0. The van der Waals surface area contributed by atoms with Crippen molar-refractivity contribution in [2.75, 3.05) is 19.0 Å². The Balaban J connectivity index is 2.56. The van der Waals surface area contributed by atoms with Crippen LogP contribution in [0.5, 0.6) is 0 Å². The van der Waals surface area contributed by atoms with Crippen molar-refractivity contribution < 1.29 is 0 Å². The summed E-state index contributed by atoms with van der Waals surface area (Å²) in [6.07, 6.45) is 1.76. The van der Waals surface area contributed by atoms with Gasteiger partial charge < -0.3 is 4.90 Å². The molecule has 0 saturated heterocycles. The van der Waals surface area contributed by atoms with Crippen LogP contribution >= 0.6 is 22.9 Å². The molecule has 0 N–H and O–H groups in total. The fourth-order valence-corrected chi connectivity index (χ4v) is 2.10. The summed E-state index contributed by atoms with van der Waals surface area (Å²) in [6.45, 7) is 0. The van der Waals surface area contributed by atoms with Crippen LogP contribution in [0.1, 0.15) is 0 Å². The predicted molar refractivity (Wildman–Crippen MR) is 64.7 cm³/mol. The van der Waals surface area contributed by atoms with Gasteiger partial charge in [-0.05, 0) is 34.0 Å². The molecule has 2 aromatic heterocycles. The second-order valence-corrected chi connectivity index (χ2v) is 4.40. The minimum absolute atomic E-state index is 0.276. The zero-order chi connectivity index (χ0) is 10.8. The molecule has 0 aliphatic carbocycles. The van der Waals surface area contributed by atoms with E-state index in [9.17, 15) is 0 Å².